The number of amides is 1. The van der Waals surface area contributed by atoms with Crippen LogP contribution in [0.4, 0.5) is 5.13 Å². The normalized spacial score (nSPS) is 16.0. The van der Waals surface area contributed by atoms with Crippen molar-refractivity contribution in [1.29, 1.82) is 0 Å². The highest BCUT2D eigenvalue weighted by Gasteiger charge is 2.48. The van der Waals surface area contributed by atoms with E-state index >= 15 is 0 Å². The Bertz CT molecular complexity index is 1830. The monoisotopic (exact) mass is 689 g/mol. The summed E-state index contributed by atoms with van der Waals surface area (Å²) in [6.07, 6.45) is 0. The molecule has 1 unspecified atom stereocenters. The summed E-state index contributed by atoms with van der Waals surface area (Å²) in [5.74, 6) is -0.135. The zero-order valence-corrected chi connectivity index (χ0v) is 26.2. The van der Waals surface area contributed by atoms with Crippen LogP contribution in [0.15, 0.2) is 118 Å². The lowest BCUT2D eigenvalue weighted by atomic mass is 9.95. The molecule has 214 valence electrons. The SMILES string of the molecule is O=C1C(=O)N(c2nnc(SCc3ccc(Cl)cc3)s2)C(c2cccc(Oc3ccccc3)c2)/C1=C(/O)c1ccc(Br)cc1. The van der Waals surface area contributed by atoms with Gasteiger partial charge < -0.3 is 9.84 Å². The number of thioether (sulfide) groups is 1. The molecule has 1 aliphatic rings. The van der Waals surface area contributed by atoms with E-state index in [2.05, 4.69) is 26.1 Å². The third-order valence-electron chi connectivity index (χ3n) is 6.59. The van der Waals surface area contributed by atoms with Crippen molar-refractivity contribution in [1.82, 2.24) is 10.2 Å². The van der Waals surface area contributed by atoms with Crippen molar-refractivity contribution in [2.45, 2.75) is 16.1 Å². The summed E-state index contributed by atoms with van der Waals surface area (Å²) in [4.78, 5) is 28.5. The van der Waals surface area contributed by atoms with Crippen LogP contribution in [-0.2, 0) is 15.3 Å². The Balaban J connectivity index is 1.39. The summed E-state index contributed by atoms with van der Waals surface area (Å²) in [5, 5.41) is 20.9. The van der Waals surface area contributed by atoms with Crippen molar-refractivity contribution in [2.75, 3.05) is 4.90 Å². The Morgan fingerprint density at radius 1 is 0.930 bits per heavy atom. The first-order valence-corrected chi connectivity index (χ1v) is 16.0. The smallest absolute Gasteiger partial charge is 0.301 e. The average Bonchev–Trinajstić information content (AvgIpc) is 3.59. The molecule has 1 N–H and O–H groups in total. The molecule has 0 radical (unpaired) electrons. The Morgan fingerprint density at radius 3 is 2.40 bits per heavy atom. The summed E-state index contributed by atoms with van der Waals surface area (Å²) in [7, 11) is 0. The number of rotatable bonds is 8. The van der Waals surface area contributed by atoms with Gasteiger partial charge in [0.2, 0.25) is 5.13 Å². The molecule has 4 aromatic carbocycles. The number of benzene rings is 4. The molecule has 1 saturated heterocycles. The van der Waals surface area contributed by atoms with Crippen molar-refractivity contribution >= 4 is 73.2 Å². The van der Waals surface area contributed by atoms with E-state index in [0.29, 0.717) is 37.7 Å². The first-order chi connectivity index (χ1) is 20.9. The quantitative estimate of drug-likeness (QED) is 0.0573. The van der Waals surface area contributed by atoms with Crippen molar-refractivity contribution in [2.24, 2.45) is 0 Å². The highest BCUT2D eigenvalue weighted by atomic mass is 79.9. The molecule has 1 atom stereocenters. The van der Waals surface area contributed by atoms with Gasteiger partial charge in [-0.2, -0.15) is 0 Å². The van der Waals surface area contributed by atoms with Crippen LogP contribution in [0, 0.1) is 0 Å². The van der Waals surface area contributed by atoms with Gasteiger partial charge in [-0.25, -0.2) is 0 Å². The van der Waals surface area contributed by atoms with Gasteiger partial charge in [-0.1, -0.05) is 105 Å². The zero-order valence-electron chi connectivity index (χ0n) is 22.2. The average molecular weight is 691 g/mol. The molecule has 1 aliphatic heterocycles. The topological polar surface area (TPSA) is 92.6 Å². The van der Waals surface area contributed by atoms with Crippen LogP contribution in [-0.4, -0.2) is 27.0 Å². The van der Waals surface area contributed by atoms with E-state index in [-0.39, 0.29) is 16.5 Å². The van der Waals surface area contributed by atoms with Gasteiger partial charge in [-0.3, -0.25) is 14.5 Å². The predicted molar refractivity (Wildman–Crippen MR) is 173 cm³/mol. The molecule has 0 bridgehead atoms. The standard InChI is InChI=1S/C32H21BrClN3O4S2/c33-22-13-11-20(12-14-22)28(38)26-27(21-5-4-8-25(17-21)41-24-6-2-1-3-7-24)37(30(40)29(26)39)31-35-36-32(43-31)42-18-19-9-15-23(34)16-10-19/h1-17,27,38H,18H2/b28-26-. The molecule has 11 heteroatoms. The van der Waals surface area contributed by atoms with Crippen LogP contribution < -0.4 is 9.64 Å². The molecular weight excluding hydrogens is 670 g/mol. The summed E-state index contributed by atoms with van der Waals surface area (Å²) in [6.45, 7) is 0. The predicted octanol–water partition coefficient (Wildman–Crippen LogP) is 8.66. The Morgan fingerprint density at radius 2 is 1.65 bits per heavy atom. The lowest BCUT2D eigenvalue weighted by Gasteiger charge is -2.23. The van der Waals surface area contributed by atoms with E-state index in [9.17, 15) is 14.7 Å². The number of halogens is 2. The second-order valence-corrected chi connectivity index (χ2v) is 13.0. The number of aromatic nitrogens is 2. The minimum absolute atomic E-state index is 0.0465. The minimum Gasteiger partial charge on any atom is -0.507 e. The van der Waals surface area contributed by atoms with E-state index < -0.39 is 17.7 Å². The maximum Gasteiger partial charge on any atom is 0.301 e. The second-order valence-electron chi connectivity index (χ2n) is 9.43. The number of nitrogens with zero attached hydrogens (tertiary/aromatic N) is 3. The summed E-state index contributed by atoms with van der Waals surface area (Å²) >= 11 is 12.1. The molecule has 6 rings (SSSR count). The number of hydrogen-bond acceptors (Lipinski definition) is 8. The fraction of sp³-hybridized carbons (Fsp3) is 0.0625. The molecule has 1 aromatic heterocycles. The number of anilines is 1. The molecule has 2 heterocycles. The van der Waals surface area contributed by atoms with E-state index in [4.69, 9.17) is 16.3 Å². The fourth-order valence-electron chi connectivity index (χ4n) is 4.57. The van der Waals surface area contributed by atoms with Crippen LogP contribution >= 0.6 is 50.6 Å². The summed E-state index contributed by atoms with van der Waals surface area (Å²) in [5.41, 5.74) is 1.97. The largest absolute Gasteiger partial charge is 0.507 e. The third kappa shape index (κ3) is 6.37. The molecule has 0 spiro atoms. The molecular formula is C32H21BrClN3O4S2. The zero-order chi connectivity index (χ0) is 29.9. The number of carbonyl (C=O) groups is 2. The number of aliphatic hydroxyl groups is 1. The number of para-hydroxylation sites is 1. The van der Waals surface area contributed by atoms with Crippen molar-refractivity contribution in [3.63, 3.8) is 0 Å². The number of aliphatic hydroxyl groups excluding tert-OH is 1. The van der Waals surface area contributed by atoms with Gasteiger partial charge in [-0.05, 0) is 59.7 Å². The van der Waals surface area contributed by atoms with E-state index in [1.807, 2.05) is 54.6 Å². The van der Waals surface area contributed by atoms with Crippen molar-refractivity contribution in [3.05, 3.63) is 135 Å². The maximum atomic E-state index is 13.6. The van der Waals surface area contributed by atoms with Gasteiger partial charge in [-0.15, -0.1) is 10.2 Å². The number of hydrogen-bond donors (Lipinski definition) is 1. The van der Waals surface area contributed by atoms with E-state index in [1.165, 1.54) is 28.0 Å². The van der Waals surface area contributed by atoms with Crippen LogP contribution in [0.1, 0.15) is 22.7 Å². The van der Waals surface area contributed by atoms with Crippen LogP contribution in [0.3, 0.4) is 0 Å². The van der Waals surface area contributed by atoms with Crippen LogP contribution in [0.2, 0.25) is 5.02 Å². The van der Waals surface area contributed by atoms with Gasteiger partial charge in [0, 0.05) is 20.8 Å². The van der Waals surface area contributed by atoms with Gasteiger partial charge >= 0.3 is 5.91 Å². The number of carbonyl (C=O) groups excluding carboxylic acids is 2. The first-order valence-electron chi connectivity index (χ1n) is 13.0. The van der Waals surface area contributed by atoms with E-state index in [1.54, 1.807) is 48.5 Å². The summed E-state index contributed by atoms with van der Waals surface area (Å²) in [6, 6.07) is 29.8. The van der Waals surface area contributed by atoms with Crippen molar-refractivity contribution < 1.29 is 19.4 Å². The Labute approximate surface area is 268 Å². The third-order valence-corrected chi connectivity index (χ3v) is 9.50. The minimum atomic E-state index is -0.968. The Hall–Kier alpha value is -3.96. The van der Waals surface area contributed by atoms with Gasteiger partial charge in [0.1, 0.15) is 17.3 Å². The van der Waals surface area contributed by atoms with Crippen LogP contribution in [0.25, 0.3) is 5.76 Å². The van der Waals surface area contributed by atoms with Crippen molar-refractivity contribution in [3.8, 4) is 11.5 Å². The first kappa shape index (κ1) is 29.1. The molecule has 43 heavy (non-hydrogen) atoms. The van der Waals surface area contributed by atoms with Gasteiger partial charge in [0.25, 0.3) is 5.78 Å². The molecule has 0 saturated carbocycles. The molecule has 1 amide bonds. The molecule has 1 fully saturated rings. The lowest BCUT2D eigenvalue weighted by molar-refractivity contribution is -0.132. The highest BCUT2D eigenvalue weighted by Crippen LogP contribution is 2.45. The molecule has 5 aromatic rings. The summed E-state index contributed by atoms with van der Waals surface area (Å²) < 4.78 is 7.48. The fourth-order valence-corrected chi connectivity index (χ4v) is 6.78. The maximum absolute atomic E-state index is 13.6. The molecule has 7 nitrogen and oxygen atoms in total. The Kier molecular flexibility index (Phi) is 8.62. The number of ether oxygens (including phenoxy) is 1. The highest BCUT2D eigenvalue weighted by molar-refractivity contribution is 9.10. The second kappa shape index (κ2) is 12.7. The van der Waals surface area contributed by atoms with E-state index in [0.717, 1.165) is 10.0 Å². The van der Waals surface area contributed by atoms with Gasteiger partial charge in [0.05, 0.1) is 11.6 Å². The van der Waals surface area contributed by atoms with Gasteiger partial charge in [0.15, 0.2) is 4.34 Å². The van der Waals surface area contributed by atoms with Crippen LogP contribution in [0.5, 0.6) is 11.5 Å². The molecule has 0 aliphatic carbocycles. The number of Topliss-reactive ketones (excluding diaryl/α,β-unsaturated/α-hetero) is 1. The number of ketones is 1. The lowest BCUT2D eigenvalue weighted by Crippen LogP contribution is -2.29.